The van der Waals surface area contributed by atoms with Crippen LogP contribution >= 0.6 is 23.2 Å². The third kappa shape index (κ3) is 2.18. The van der Waals surface area contributed by atoms with Gasteiger partial charge in [0.25, 0.3) is 0 Å². The Morgan fingerprint density at radius 1 is 1.12 bits per heavy atom. The maximum Gasteiger partial charge on any atom is 0.131 e. The zero-order valence-corrected chi connectivity index (χ0v) is 9.98. The van der Waals surface area contributed by atoms with Crippen molar-refractivity contribution >= 4 is 23.2 Å². The summed E-state index contributed by atoms with van der Waals surface area (Å²) in [7, 11) is 0. The van der Waals surface area contributed by atoms with Crippen molar-refractivity contribution in [1.29, 1.82) is 0 Å². The first-order valence-corrected chi connectivity index (χ1v) is 5.41. The van der Waals surface area contributed by atoms with Gasteiger partial charge in [-0.3, -0.25) is 0 Å². The molecule has 1 nitrogen and oxygen atoms in total. The Labute approximate surface area is 103 Å². The minimum atomic E-state index is -0.316. The SMILES string of the molecule is Cc1ccc(-c2cc(Cl)ncc2Cl)c(F)c1. The van der Waals surface area contributed by atoms with E-state index in [-0.39, 0.29) is 5.82 Å². The van der Waals surface area contributed by atoms with Gasteiger partial charge in [0.1, 0.15) is 11.0 Å². The average molecular weight is 256 g/mol. The molecule has 0 aliphatic carbocycles. The average Bonchev–Trinajstić information content (AvgIpc) is 2.22. The van der Waals surface area contributed by atoms with Crippen molar-refractivity contribution in [2.24, 2.45) is 0 Å². The van der Waals surface area contributed by atoms with Crippen LogP contribution in [0, 0.1) is 12.7 Å². The number of pyridine rings is 1. The van der Waals surface area contributed by atoms with Gasteiger partial charge in [0, 0.05) is 17.3 Å². The fraction of sp³-hybridized carbons (Fsp3) is 0.0833. The summed E-state index contributed by atoms with van der Waals surface area (Å²) in [4.78, 5) is 3.82. The highest BCUT2D eigenvalue weighted by Crippen LogP contribution is 2.31. The number of hydrogen-bond donors (Lipinski definition) is 0. The third-order valence-corrected chi connectivity index (χ3v) is 2.74. The van der Waals surface area contributed by atoms with E-state index in [0.717, 1.165) is 5.56 Å². The molecular weight excluding hydrogens is 248 g/mol. The molecule has 1 aromatic carbocycles. The number of rotatable bonds is 1. The molecule has 0 aliphatic heterocycles. The lowest BCUT2D eigenvalue weighted by Gasteiger charge is -2.06. The summed E-state index contributed by atoms with van der Waals surface area (Å²) < 4.78 is 13.7. The van der Waals surface area contributed by atoms with E-state index in [1.165, 1.54) is 12.3 Å². The van der Waals surface area contributed by atoms with E-state index in [4.69, 9.17) is 23.2 Å². The molecule has 0 saturated heterocycles. The van der Waals surface area contributed by atoms with Gasteiger partial charge in [-0.15, -0.1) is 0 Å². The largest absolute Gasteiger partial charge is 0.243 e. The molecule has 4 heteroatoms. The van der Waals surface area contributed by atoms with Gasteiger partial charge in [-0.1, -0.05) is 35.3 Å². The maximum absolute atomic E-state index is 13.7. The highest BCUT2D eigenvalue weighted by Gasteiger charge is 2.10. The molecule has 82 valence electrons. The molecule has 0 fully saturated rings. The van der Waals surface area contributed by atoms with Gasteiger partial charge in [0.05, 0.1) is 5.02 Å². The van der Waals surface area contributed by atoms with Crippen molar-refractivity contribution in [3.63, 3.8) is 0 Å². The predicted octanol–water partition coefficient (Wildman–Crippen LogP) is 4.50. The number of benzene rings is 1. The van der Waals surface area contributed by atoms with E-state index >= 15 is 0 Å². The molecular formula is C12H8Cl2FN. The lowest BCUT2D eigenvalue weighted by Crippen LogP contribution is -1.88. The quantitative estimate of drug-likeness (QED) is 0.684. The molecule has 0 atom stereocenters. The van der Waals surface area contributed by atoms with Crippen molar-refractivity contribution in [3.05, 3.63) is 52.0 Å². The van der Waals surface area contributed by atoms with Crippen LogP contribution < -0.4 is 0 Å². The van der Waals surface area contributed by atoms with Gasteiger partial charge >= 0.3 is 0 Å². The van der Waals surface area contributed by atoms with E-state index in [9.17, 15) is 4.39 Å². The number of hydrogen-bond acceptors (Lipinski definition) is 1. The van der Waals surface area contributed by atoms with E-state index in [1.54, 1.807) is 12.1 Å². The van der Waals surface area contributed by atoms with Crippen LogP contribution in [0.3, 0.4) is 0 Å². The van der Waals surface area contributed by atoms with Gasteiger partial charge in [0.2, 0.25) is 0 Å². The van der Waals surface area contributed by atoms with Crippen molar-refractivity contribution in [3.8, 4) is 11.1 Å². The van der Waals surface area contributed by atoms with Crippen molar-refractivity contribution in [2.75, 3.05) is 0 Å². The molecule has 1 heterocycles. The smallest absolute Gasteiger partial charge is 0.131 e. The molecule has 2 aromatic rings. The Kier molecular flexibility index (Phi) is 3.13. The van der Waals surface area contributed by atoms with Crippen molar-refractivity contribution in [1.82, 2.24) is 4.98 Å². The van der Waals surface area contributed by atoms with E-state index in [1.807, 2.05) is 13.0 Å². The second-order valence-corrected chi connectivity index (χ2v) is 4.26. The van der Waals surface area contributed by atoms with Gasteiger partial charge < -0.3 is 0 Å². The first-order valence-electron chi connectivity index (χ1n) is 4.65. The molecule has 0 radical (unpaired) electrons. The van der Waals surface area contributed by atoms with Crippen LogP contribution in [0.4, 0.5) is 4.39 Å². The fourth-order valence-electron chi connectivity index (χ4n) is 1.46. The molecule has 0 N–H and O–H groups in total. The summed E-state index contributed by atoms with van der Waals surface area (Å²) in [5.41, 5.74) is 1.84. The minimum Gasteiger partial charge on any atom is -0.243 e. The van der Waals surface area contributed by atoms with E-state index < -0.39 is 0 Å². The highest BCUT2D eigenvalue weighted by atomic mass is 35.5. The summed E-state index contributed by atoms with van der Waals surface area (Å²) in [6.45, 7) is 1.83. The van der Waals surface area contributed by atoms with Crippen molar-refractivity contribution < 1.29 is 4.39 Å². The molecule has 0 amide bonds. The van der Waals surface area contributed by atoms with Crippen LogP contribution in [0.15, 0.2) is 30.5 Å². The normalized spacial score (nSPS) is 10.5. The standard InChI is InChI=1S/C12H8Cl2FN/c1-7-2-3-8(11(15)4-7)9-5-12(14)16-6-10(9)13/h2-6H,1H3. The van der Waals surface area contributed by atoms with Crippen LogP contribution in [-0.4, -0.2) is 4.98 Å². The predicted molar refractivity (Wildman–Crippen MR) is 64.4 cm³/mol. The van der Waals surface area contributed by atoms with Gasteiger partial charge in [-0.2, -0.15) is 0 Å². The summed E-state index contributed by atoms with van der Waals surface area (Å²) in [6, 6.07) is 6.52. The minimum absolute atomic E-state index is 0.291. The number of aryl methyl sites for hydroxylation is 1. The molecule has 0 spiro atoms. The van der Waals surface area contributed by atoms with Crippen molar-refractivity contribution in [2.45, 2.75) is 6.92 Å². The molecule has 0 bridgehead atoms. The molecule has 0 saturated carbocycles. The van der Waals surface area contributed by atoms with E-state index in [0.29, 0.717) is 21.3 Å². The Bertz CT molecular complexity index is 541. The summed E-state index contributed by atoms with van der Waals surface area (Å²) in [5.74, 6) is -0.316. The van der Waals surface area contributed by atoms with E-state index in [2.05, 4.69) is 4.98 Å². The second-order valence-electron chi connectivity index (χ2n) is 3.47. The number of halogens is 3. The Morgan fingerprint density at radius 3 is 2.56 bits per heavy atom. The lowest BCUT2D eigenvalue weighted by atomic mass is 10.0. The Morgan fingerprint density at radius 2 is 1.88 bits per heavy atom. The number of aromatic nitrogens is 1. The van der Waals surface area contributed by atoms with Crippen LogP contribution in [0.1, 0.15) is 5.56 Å². The zero-order chi connectivity index (χ0) is 11.7. The second kappa shape index (κ2) is 4.40. The summed E-state index contributed by atoms with van der Waals surface area (Å²) in [5, 5.41) is 0.673. The van der Waals surface area contributed by atoms with Gasteiger partial charge in [-0.05, 0) is 24.6 Å². The maximum atomic E-state index is 13.7. The topological polar surface area (TPSA) is 12.9 Å². The lowest BCUT2D eigenvalue weighted by molar-refractivity contribution is 0.630. The third-order valence-electron chi connectivity index (χ3n) is 2.24. The van der Waals surface area contributed by atoms with Crippen LogP contribution in [0.25, 0.3) is 11.1 Å². The first-order chi connectivity index (χ1) is 7.58. The van der Waals surface area contributed by atoms with Crippen LogP contribution in [-0.2, 0) is 0 Å². The molecule has 2 rings (SSSR count). The Balaban J connectivity index is 2.62. The number of nitrogens with zero attached hydrogens (tertiary/aromatic N) is 1. The summed E-state index contributed by atoms with van der Waals surface area (Å²) >= 11 is 11.7. The zero-order valence-electron chi connectivity index (χ0n) is 8.47. The first kappa shape index (κ1) is 11.4. The molecule has 0 aliphatic rings. The van der Waals surface area contributed by atoms with Gasteiger partial charge in [-0.25, -0.2) is 9.37 Å². The monoisotopic (exact) mass is 255 g/mol. The Hall–Kier alpha value is -1.12. The summed E-state index contributed by atoms with van der Waals surface area (Å²) in [6.07, 6.45) is 1.42. The fourth-order valence-corrected chi connectivity index (χ4v) is 1.82. The highest BCUT2D eigenvalue weighted by molar-refractivity contribution is 6.34. The molecule has 16 heavy (non-hydrogen) atoms. The molecule has 1 aromatic heterocycles. The van der Waals surface area contributed by atoms with Crippen LogP contribution in [0.2, 0.25) is 10.2 Å². The molecule has 0 unspecified atom stereocenters. The van der Waals surface area contributed by atoms with Crippen LogP contribution in [0.5, 0.6) is 0 Å². The van der Waals surface area contributed by atoms with Gasteiger partial charge in [0.15, 0.2) is 0 Å².